The van der Waals surface area contributed by atoms with Crippen molar-refractivity contribution in [3.63, 3.8) is 0 Å². The molecule has 188 valence electrons. The predicted octanol–water partition coefficient (Wildman–Crippen LogP) is 5.85. The van der Waals surface area contributed by atoms with E-state index in [9.17, 15) is 22.8 Å². The van der Waals surface area contributed by atoms with E-state index >= 15 is 0 Å². The van der Waals surface area contributed by atoms with E-state index in [2.05, 4.69) is 5.16 Å². The Labute approximate surface area is 217 Å². The van der Waals surface area contributed by atoms with Crippen molar-refractivity contribution in [2.45, 2.75) is 36.6 Å². The number of fused-ring (bicyclic) bond motifs is 2. The van der Waals surface area contributed by atoms with Gasteiger partial charge in [-0.15, -0.1) is 0 Å². The molecule has 1 aliphatic carbocycles. The number of hydrogen-bond donors (Lipinski definition) is 0. The highest BCUT2D eigenvalue weighted by molar-refractivity contribution is 6.48. The van der Waals surface area contributed by atoms with Gasteiger partial charge in [0.25, 0.3) is 5.60 Å². The average Bonchev–Trinajstić information content (AvgIpc) is 3.47. The molecule has 0 bridgehead atoms. The highest BCUT2D eigenvalue weighted by Crippen LogP contribution is 2.51. The van der Waals surface area contributed by atoms with Crippen molar-refractivity contribution in [2.75, 3.05) is 13.1 Å². The number of oxime groups is 1. The number of esters is 1. The van der Waals surface area contributed by atoms with Gasteiger partial charge >= 0.3 is 12.1 Å². The number of amides is 1. The second-order valence-electron chi connectivity index (χ2n) is 9.50. The quantitative estimate of drug-likeness (QED) is 0.350. The van der Waals surface area contributed by atoms with Gasteiger partial charge in [-0.25, -0.2) is 4.79 Å². The van der Waals surface area contributed by atoms with E-state index in [0.717, 1.165) is 25.0 Å². The summed E-state index contributed by atoms with van der Waals surface area (Å²) in [5, 5.41) is 3.36. The molecule has 1 saturated heterocycles. The van der Waals surface area contributed by atoms with Crippen LogP contribution in [0.4, 0.5) is 13.2 Å². The molecule has 0 N–H and O–H groups in total. The molecule has 2 aromatic carbocycles. The second kappa shape index (κ2) is 7.76. The average molecular weight is 560 g/mol. The molecule has 0 radical (unpaired) electrons. The van der Waals surface area contributed by atoms with Crippen molar-refractivity contribution >= 4 is 52.4 Å². The zero-order valence-corrected chi connectivity index (χ0v) is 20.6. The number of carbonyl (C=O) groups is 2. The van der Waals surface area contributed by atoms with Crippen LogP contribution in [-0.4, -0.2) is 41.8 Å². The lowest BCUT2D eigenvalue weighted by atomic mass is 9.83. The minimum atomic E-state index is -4.87. The van der Waals surface area contributed by atoms with Gasteiger partial charge in [0.05, 0.1) is 39.4 Å². The molecule has 1 spiro atoms. The maximum Gasteiger partial charge on any atom is 0.435 e. The van der Waals surface area contributed by atoms with Gasteiger partial charge in [0, 0.05) is 29.0 Å². The fourth-order valence-electron chi connectivity index (χ4n) is 4.97. The van der Waals surface area contributed by atoms with E-state index in [1.165, 1.54) is 6.07 Å². The number of benzene rings is 2. The first-order valence-electron chi connectivity index (χ1n) is 11.1. The molecule has 4 aliphatic rings. The topological polar surface area (TPSA) is 68.2 Å². The van der Waals surface area contributed by atoms with Crippen LogP contribution < -0.4 is 0 Å². The third-order valence-electron chi connectivity index (χ3n) is 7.12. The maximum absolute atomic E-state index is 14.3. The van der Waals surface area contributed by atoms with Gasteiger partial charge in [0.1, 0.15) is 0 Å². The number of halogens is 6. The Bertz CT molecular complexity index is 1350. The van der Waals surface area contributed by atoms with Crippen LogP contribution in [0, 0.1) is 5.92 Å². The summed E-state index contributed by atoms with van der Waals surface area (Å²) in [4.78, 5) is 31.7. The molecule has 2 aromatic rings. The molecule has 2 fully saturated rings. The number of hydrogen-bond acceptors (Lipinski definition) is 5. The number of alkyl halides is 3. The Hall–Kier alpha value is -2.49. The second-order valence-corrected chi connectivity index (χ2v) is 10.7. The lowest BCUT2D eigenvalue weighted by Gasteiger charge is -2.46. The summed E-state index contributed by atoms with van der Waals surface area (Å²) in [5.41, 5.74) is -2.99. The molecule has 3 heterocycles. The summed E-state index contributed by atoms with van der Waals surface area (Å²) < 4.78 is 48.6. The molecule has 6 nitrogen and oxygen atoms in total. The summed E-state index contributed by atoms with van der Waals surface area (Å²) in [6.07, 6.45) is -3.80. The minimum absolute atomic E-state index is 0.00906. The molecule has 1 saturated carbocycles. The van der Waals surface area contributed by atoms with Crippen molar-refractivity contribution in [3.05, 3.63) is 67.7 Å². The van der Waals surface area contributed by atoms with E-state index in [1.807, 2.05) is 0 Å². The molecule has 6 rings (SSSR count). The van der Waals surface area contributed by atoms with Gasteiger partial charge in [-0.05, 0) is 31.0 Å². The van der Waals surface area contributed by atoms with E-state index in [1.54, 1.807) is 17.0 Å². The maximum atomic E-state index is 14.3. The molecule has 1 amide bonds. The highest BCUT2D eigenvalue weighted by Gasteiger charge is 2.63. The lowest BCUT2D eigenvalue weighted by Crippen LogP contribution is -2.61. The zero-order valence-electron chi connectivity index (χ0n) is 18.3. The Balaban J connectivity index is 1.29. The minimum Gasteiger partial charge on any atom is -0.447 e. The van der Waals surface area contributed by atoms with Crippen molar-refractivity contribution in [1.82, 2.24) is 4.90 Å². The molecule has 0 aromatic heterocycles. The highest BCUT2D eigenvalue weighted by atomic mass is 35.5. The van der Waals surface area contributed by atoms with Gasteiger partial charge in [-0.3, -0.25) is 4.79 Å². The first-order valence-corrected chi connectivity index (χ1v) is 12.2. The van der Waals surface area contributed by atoms with E-state index < -0.39 is 29.8 Å². The van der Waals surface area contributed by atoms with Gasteiger partial charge in [-0.2, -0.15) is 13.2 Å². The number of nitrogens with zero attached hydrogens (tertiary/aromatic N) is 2. The van der Waals surface area contributed by atoms with E-state index in [-0.39, 0.29) is 62.4 Å². The molecular formula is C24H16Cl3F3N2O4. The summed E-state index contributed by atoms with van der Waals surface area (Å²) in [7, 11) is 0. The Morgan fingerprint density at radius 1 is 1.08 bits per heavy atom. The zero-order chi connectivity index (χ0) is 25.6. The molecular weight excluding hydrogens is 544 g/mol. The first kappa shape index (κ1) is 23.9. The van der Waals surface area contributed by atoms with Crippen LogP contribution >= 0.6 is 34.8 Å². The number of rotatable bonds is 3. The lowest BCUT2D eigenvalue weighted by molar-refractivity contribution is -0.275. The van der Waals surface area contributed by atoms with Crippen LogP contribution in [0.1, 0.15) is 46.3 Å². The standard InChI is InChI=1S/C24H16Cl3F3N2O4/c25-16-6-13(7-17(26)19(16)27)23(24(28,29)30)8-18(31-36-23)12-3-4-15-14(5-12)21(34)35-22(15)9-32(10-22)20(33)11-1-2-11/h3-7,11H,1-2,8-10H2. The van der Waals surface area contributed by atoms with E-state index in [0.29, 0.717) is 5.56 Å². The summed E-state index contributed by atoms with van der Waals surface area (Å²) >= 11 is 17.9. The van der Waals surface area contributed by atoms with Crippen LogP contribution in [0.2, 0.25) is 15.1 Å². The Morgan fingerprint density at radius 3 is 2.36 bits per heavy atom. The largest absolute Gasteiger partial charge is 0.447 e. The third-order valence-corrected chi connectivity index (χ3v) is 8.32. The molecule has 1 atom stereocenters. The summed E-state index contributed by atoms with van der Waals surface area (Å²) in [6.45, 7) is 0.527. The Morgan fingerprint density at radius 2 is 1.75 bits per heavy atom. The smallest absolute Gasteiger partial charge is 0.435 e. The van der Waals surface area contributed by atoms with Crippen LogP contribution in [0.5, 0.6) is 0 Å². The summed E-state index contributed by atoms with van der Waals surface area (Å²) in [5.74, 6) is -0.477. The fourth-order valence-corrected chi connectivity index (χ4v) is 5.57. The van der Waals surface area contributed by atoms with Crippen molar-refractivity contribution < 1.29 is 32.3 Å². The van der Waals surface area contributed by atoms with Gasteiger partial charge in [-0.1, -0.05) is 52.1 Å². The first-order chi connectivity index (χ1) is 16.9. The number of carbonyl (C=O) groups excluding carboxylic acids is 2. The number of ether oxygens (including phenoxy) is 1. The number of likely N-dealkylation sites (tertiary alicyclic amines) is 1. The SMILES string of the molecule is O=C1OC2(CN(C(=O)C3CC3)C2)c2ccc(C3=NOC(c4cc(Cl)c(Cl)c(Cl)c4)(C(F)(F)F)C3)cc21. The molecule has 3 aliphatic heterocycles. The van der Waals surface area contributed by atoms with Crippen molar-refractivity contribution in [3.8, 4) is 0 Å². The van der Waals surface area contributed by atoms with Crippen LogP contribution in [-0.2, 0) is 25.6 Å². The van der Waals surface area contributed by atoms with Crippen molar-refractivity contribution in [2.24, 2.45) is 11.1 Å². The fraction of sp³-hybridized carbons (Fsp3) is 0.375. The monoisotopic (exact) mass is 558 g/mol. The van der Waals surface area contributed by atoms with Crippen LogP contribution in [0.3, 0.4) is 0 Å². The third kappa shape index (κ3) is 3.43. The predicted molar refractivity (Wildman–Crippen MR) is 124 cm³/mol. The normalized spacial score (nSPS) is 24.2. The van der Waals surface area contributed by atoms with Gasteiger partial charge < -0.3 is 14.5 Å². The van der Waals surface area contributed by atoms with Gasteiger partial charge in [0.2, 0.25) is 5.91 Å². The van der Waals surface area contributed by atoms with Crippen LogP contribution in [0.15, 0.2) is 35.5 Å². The summed E-state index contributed by atoms with van der Waals surface area (Å²) in [6, 6.07) is 6.77. The Kier molecular flexibility index (Phi) is 5.15. The van der Waals surface area contributed by atoms with E-state index in [4.69, 9.17) is 44.4 Å². The molecule has 1 unspecified atom stereocenters. The van der Waals surface area contributed by atoms with Crippen molar-refractivity contribution in [1.29, 1.82) is 0 Å². The molecule has 12 heteroatoms. The van der Waals surface area contributed by atoms with Crippen LogP contribution in [0.25, 0.3) is 0 Å². The molecule has 36 heavy (non-hydrogen) atoms. The van der Waals surface area contributed by atoms with Gasteiger partial charge in [0.15, 0.2) is 5.60 Å².